The van der Waals surface area contributed by atoms with Crippen molar-refractivity contribution in [1.82, 2.24) is 0 Å². The number of hydrogen-bond acceptors (Lipinski definition) is 1. The van der Waals surface area contributed by atoms with Gasteiger partial charge in [0.1, 0.15) is 0 Å². The lowest BCUT2D eigenvalue weighted by molar-refractivity contribution is -0.0821. The zero-order valence-corrected chi connectivity index (χ0v) is 13.0. The summed E-state index contributed by atoms with van der Waals surface area (Å²) in [6.45, 7) is 2.24. The summed E-state index contributed by atoms with van der Waals surface area (Å²) in [7, 11) is 0. The molecule has 0 heterocycles. The Morgan fingerprint density at radius 3 is 2.25 bits per heavy atom. The minimum Gasteiger partial charge on any atom is -0.327 e. The van der Waals surface area contributed by atoms with Gasteiger partial charge in [0, 0.05) is 11.1 Å². The second kappa shape index (κ2) is 4.24. The summed E-state index contributed by atoms with van der Waals surface area (Å²) in [4.78, 5) is 0. The molecule has 1 nitrogen and oxygen atoms in total. The van der Waals surface area contributed by atoms with Crippen molar-refractivity contribution >= 4 is 11.6 Å². The summed E-state index contributed by atoms with van der Waals surface area (Å²) in [6, 6.07) is 9.00. The first-order chi connectivity index (χ1) is 9.51. The van der Waals surface area contributed by atoms with Crippen LogP contribution in [0.5, 0.6) is 0 Å². The molecule has 2 N–H and O–H groups in total. The summed E-state index contributed by atoms with van der Waals surface area (Å²) in [6.07, 6.45) is 8.24. The van der Waals surface area contributed by atoms with Gasteiger partial charge in [-0.15, -0.1) is 0 Å². The molecular formula is C18H24ClN. The van der Waals surface area contributed by atoms with Crippen LogP contribution in [0, 0.1) is 17.3 Å². The third-order valence-corrected chi connectivity index (χ3v) is 6.78. The predicted molar refractivity (Wildman–Crippen MR) is 83.9 cm³/mol. The standard InChI is InChI=1S/C18H24ClN/c1-12(20)17-7-13-6-14(8-17)10-18(9-13,11-17)15-2-4-16(19)5-3-15/h2-5,12-14H,6-11,20H2,1H3/t12-,13-,14-,17?,18?/m0/s1. The van der Waals surface area contributed by atoms with Gasteiger partial charge in [-0.05, 0) is 85.8 Å². The molecular weight excluding hydrogens is 266 g/mol. The molecule has 4 fully saturated rings. The lowest BCUT2D eigenvalue weighted by Crippen LogP contribution is -2.59. The van der Waals surface area contributed by atoms with E-state index in [9.17, 15) is 0 Å². The van der Waals surface area contributed by atoms with Crippen LogP contribution in [0.25, 0.3) is 0 Å². The van der Waals surface area contributed by atoms with E-state index in [1.165, 1.54) is 44.1 Å². The Morgan fingerprint density at radius 1 is 1.10 bits per heavy atom. The maximum Gasteiger partial charge on any atom is 0.0406 e. The second-order valence-corrected chi connectivity index (χ2v) is 8.34. The lowest BCUT2D eigenvalue weighted by Gasteiger charge is -2.63. The largest absolute Gasteiger partial charge is 0.327 e. The van der Waals surface area contributed by atoms with Gasteiger partial charge < -0.3 is 5.73 Å². The van der Waals surface area contributed by atoms with Gasteiger partial charge in [0.05, 0.1) is 0 Å². The highest BCUT2D eigenvalue weighted by Gasteiger charge is 2.59. The highest BCUT2D eigenvalue weighted by molar-refractivity contribution is 6.30. The maximum absolute atomic E-state index is 6.43. The predicted octanol–water partition coefficient (Wildman–Crippen LogP) is 4.53. The minimum absolute atomic E-state index is 0.333. The van der Waals surface area contributed by atoms with E-state index in [0.717, 1.165) is 16.9 Å². The maximum atomic E-state index is 6.43. The Kier molecular flexibility index (Phi) is 2.79. The van der Waals surface area contributed by atoms with Gasteiger partial charge in [-0.25, -0.2) is 0 Å². The van der Waals surface area contributed by atoms with Gasteiger partial charge in [-0.2, -0.15) is 0 Å². The quantitative estimate of drug-likeness (QED) is 0.851. The van der Waals surface area contributed by atoms with E-state index < -0.39 is 0 Å². The van der Waals surface area contributed by atoms with Crippen molar-refractivity contribution < 1.29 is 0 Å². The molecule has 0 aliphatic heterocycles. The van der Waals surface area contributed by atoms with Crippen molar-refractivity contribution in [3.63, 3.8) is 0 Å². The number of nitrogens with two attached hydrogens (primary N) is 1. The fraction of sp³-hybridized carbons (Fsp3) is 0.667. The van der Waals surface area contributed by atoms with Crippen LogP contribution in [-0.2, 0) is 5.41 Å². The molecule has 3 atom stereocenters. The molecule has 0 aromatic heterocycles. The molecule has 20 heavy (non-hydrogen) atoms. The van der Waals surface area contributed by atoms with Crippen molar-refractivity contribution in [2.45, 2.75) is 56.9 Å². The molecule has 5 rings (SSSR count). The molecule has 4 saturated carbocycles. The first-order valence-corrected chi connectivity index (χ1v) is 8.41. The Bertz CT molecular complexity index is 505. The summed E-state index contributed by atoms with van der Waals surface area (Å²) in [5.74, 6) is 1.80. The fourth-order valence-electron chi connectivity index (χ4n) is 6.01. The van der Waals surface area contributed by atoms with Crippen LogP contribution in [0.15, 0.2) is 24.3 Å². The molecule has 1 aromatic carbocycles. The Balaban J connectivity index is 1.77. The van der Waals surface area contributed by atoms with E-state index >= 15 is 0 Å². The van der Waals surface area contributed by atoms with Crippen LogP contribution in [-0.4, -0.2) is 6.04 Å². The molecule has 4 bridgehead atoms. The molecule has 0 radical (unpaired) electrons. The van der Waals surface area contributed by atoms with Gasteiger partial charge in [0.15, 0.2) is 0 Å². The smallest absolute Gasteiger partial charge is 0.0406 e. The van der Waals surface area contributed by atoms with Gasteiger partial charge in [0.25, 0.3) is 0 Å². The van der Waals surface area contributed by atoms with E-state index in [4.69, 9.17) is 17.3 Å². The van der Waals surface area contributed by atoms with Crippen LogP contribution in [0.1, 0.15) is 51.0 Å². The topological polar surface area (TPSA) is 26.0 Å². The fourth-order valence-corrected chi connectivity index (χ4v) is 6.13. The lowest BCUT2D eigenvalue weighted by atomic mass is 9.41. The van der Waals surface area contributed by atoms with Crippen LogP contribution in [0.3, 0.4) is 0 Å². The van der Waals surface area contributed by atoms with Crippen molar-refractivity contribution in [2.75, 3.05) is 0 Å². The molecule has 0 spiro atoms. The van der Waals surface area contributed by atoms with Gasteiger partial charge in [-0.1, -0.05) is 23.7 Å². The number of hydrogen-bond donors (Lipinski definition) is 1. The molecule has 4 aliphatic rings. The monoisotopic (exact) mass is 289 g/mol. The molecule has 0 amide bonds. The average molecular weight is 290 g/mol. The summed E-state index contributed by atoms with van der Waals surface area (Å²) in [5.41, 5.74) is 8.74. The first-order valence-electron chi connectivity index (χ1n) is 8.03. The summed E-state index contributed by atoms with van der Waals surface area (Å²) >= 11 is 6.08. The summed E-state index contributed by atoms with van der Waals surface area (Å²) in [5, 5.41) is 0.848. The van der Waals surface area contributed by atoms with E-state index in [2.05, 4.69) is 31.2 Å². The van der Waals surface area contributed by atoms with Crippen molar-refractivity contribution in [2.24, 2.45) is 23.0 Å². The number of benzene rings is 1. The van der Waals surface area contributed by atoms with Crippen LogP contribution in [0.4, 0.5) is 0 Å². The van der Waals surface area contributed by atoms with Crippen LogP contribution in [0.2, 0.25) is 5.02 Å². The van der Waals surface area contributed by atoms with E-state index in [0.29, 0.717) is 16.9 Å². The van der Waals surface area contributed by atoms with Crippen molar-refractivity contribution in [3.8, 4) is 0 Å². The summed E-state index contributed by atoms with van der Waals surface area (Å²) < 4.78 is 0. The van der Waals surface area contributed by atoms with E-state index in [1.54, 1.807) is 0 Å². The average Bonchev–Trinajstić information content (AvgIpc) is 2.37. The number of halogens is 1. The molecule has 0 saturated heterocycles. The van der Waals surface area contributed by atoms with Gasteiger partial charge in [0.2, 0.25) is 0 Å². The number of rotatable bonds is 2. The SMILES string of the molecule is C[C@H](N)C12C[C@@H]3C[C@H](CC(c4ccc(Cl)cc4)(C3)C1)C2. The van der Waals surface area contributed by atoms with E-state index in [-0.39, 0.29) is 0 Å². The second-order valence-electron chi connectivity index (χ2n) is 7.90. The molecule has 108 valence electrons. The van der Waals surface area contributed by atoms with Crippen LogP contribution >= 0.6 is 11.6 Å². The highest BCUT2D eigenvalue weighted by Crippen LogP contribution is 2.66. The molecule has 2 heteroatoms. The van der Waals surface area contributed by atoms with Crippen molar-refractivity contribution in [1.29, 1.82) is 0 Å². The van der Waals surface area contributed by atoms with E-state index in [1.807, 2.05) is 0 Å². The Hall–Kier alpha value is -0.530. The van der Waals surface area contributed by atoms with Crippen LogP contribution < -0.4 is 5.73 Å². The third kappa shape index (κ3) is 1.79. The molecule has 0 unspecified atom stereocenters. The Morgan fingerprint density at radius 2 is 1.70 bits per heavy atom. The zero-order valence-electron chi connectivity index (χ0n) is 12.2. The molecule has 1 aromatic rings. The minimum atomic E-state index is 0.333. The van der Waals surface area contributed by atoms with Gasteiger partial charge in [-0.3, -0.25) is 0 Å². The molecule has 4 aliphatic carbocycles. The Labute approximate surface area is 126 Å². The first kappa shape index (κ1) is 13.2. The van der Waals surface area contributed by atoms with Gasteiger partial charge >= 0.3 is 0 Å². The highest BCUT2D eigenvalue weighted by atomic mass is 35.5. The van der Waals surface area contributed by atoms with Crippen molar-refractivity contribution in [3.05, 3.63) is 34.9 Å². The normalized spacial score (nSPS) is 43.8. The third-order valence-electron chi connectivity index (χ3n) is 6.53. The zero-order chi connectivity index (χ0) is 14.0.